The van der Waals surface area contributed by atoms with Gasteiger partial charge < -0.3 is 4.98 Å². The SMILES string of the molecule is CC(C)(C)c1ccc(-c2cc(-c3ccccc3)[nH]c(=O)c2C#N)cc1. The van der Waals surface area contributed by atoms with E-state index in [4.69, 9.17) is 0 Å². The van der Waals surface area contributed by atoms with Gasteiger partial charge in [0.05, 0.1) is 0 Å². The molecule has 25 heavy (non-hydrogen) atoms. The lowest BCUT2D eigenvalue weighted by atomic mass is 9.86. The summed E-state index contributed by atoms with van der Waals surface area (Å²) in [7, 11) is 0. The Morgan fingerprint density at radius 2 is 1.56 bits per heavy atom. The molecule has 0 atom stereocenters. The minimum atomic E-state index is -0.362. The zero-order valence-corrected chi connectivity index (χ0v) is 14.6. The zero-order valence-electron chi connectivity index (χ0n) is 14.6. The predicted octanol–water partition coefficient (Wildman–Crippen LogP) is 4.88. The fourth-order valence-electron chi connectivity index (χ4n) is 2.82. The van der Waals surface area contributed by atoms with Gasteiger partial charge in [0.25, 0.3) is 5.56 Å². The third kappa shape index (κ3) is 3.39. The quantitative estimate of drug-likeness (QED) is 0.729. The van der Waals surface area contributed by atoms with E-state index in [9.17, 15) is 10.1 Å². The van der Waals surface area contributed by atoms with Crippen LogP contribution in [0.25, 0.3) is 22.4 Å². The first-order chi connectivity index (χ1) is 11.9. The molecule has 0 fully saturated rings. The van der Waals surface area contributed by atoms with Gasteiger partial charge in [0.2, 0.25) is 0 Å². The molecule has 0 unspecified atom stereocenters. The molecule has 0 aliphatic carbocycles. The number of H-pyrrole nitrogens is 1. The number of rotatable bonds is 2. The number of aromatic nitrogens is 1. The second kappa shape index (κ2) is 6.41. The van der Waals surface area contributed by atoms with E-state index in [0.717, 1.165) is 11.1 Å². The summed E-state index contributed by atoms with van der Waals surface area (Å²) in [6.45, 7) is 6.47. The second-order valence-electron chi connectivity index (χ2n) is 7.11. The molecule has 0 aliphatic heterocycles. The van der Waals surface area contributed by atoms with Gasteiger partial charge in [-0.25, -0.2) is 0 Å². The van der Waals surface area contributed by atoms with E-state index >= 15 is 0 Å². The molecular weight excluding hydrogens is 308 g/mol. The second-order valence-corrected chi connectivity index (χ2v) is 7.11. The molecule has 3 rings (SSSR count). The maximum Gasteiger partial charge on any atom is 0.266 e. The van der Waals surface area contributed by atoms with Gasteiger partial charge in [-0.1, -0.05) is 75.4 Å². The number of hydrogen-bond donors (Lipinski definition) is 1. The molecule has 0 spiro atoms. The Balaban J connectivity index is 2.17. The normalized spacial score (nSPS) is 11.1. The molecule has 0 radical (unpaired) electrons. The van der Waals surface area contributed by atoms with Crippen LogP contribution in [0.3, 0.4) is 0 Å². The van der Waals surface area contributed by atoms with Crippen LogP contribution in [0.15, 0.2) is 65.5 Å². The van der Waals surface area contributed by atoms with Crippen molar-refractivity contribution in [2.75, 3.05) is 0 Å². The summed E-state index contributed by atoms with van der Waals surface area (Å²) in [5.74, 6) is 0. The molecule has 3 nitrogen and oxygen atoms in total. The van der Waals surface area contributed by atoms with Gasteiger partial charge in [-0.15, -0.1) is 0 Å². The van der Waals surface area contributed by atoms with Crippen LogP contribution in [0.4, 0.5) is 0 Å². The van der Waals surface area contributed by atoms with Crippen LogP contribution in [0, 0.1) is 11.3 Å². The Bertz CT molecular complexity index is 985. The van der Waals surface area contributed by atoms with E-state index in [1.165, 1.54) is 5.56 Å². The number of nitriles is 1. The van der Waals surface area contributed by atoms with Gasteiger partial charge in [0.15, 0.2) is 0 Å². The molecule has 0 saturated heterocycles. The number of benzene rings is 2. The maximum atomic E-state index is 12.4. The summed E-state index contributed by atoms with van der Waals surface area (Å²) in [4.78, 5) is 15.2. The Labute approximate surface area is 147 Å². The van der Waals surface area contributed by atoms with Crippen LogP contribution < -0.4 is 5.56 Å². The van der Waals surface area contributed by atoms with Crippen LogP contribution in [0.1, 0.15) is 31.9 Å². The van der Waals surface area contributed by atoms with Crippen molar-refractivity contribution in [2.45, 2.75) is 26.2 Å². The summed E-state index contributed by atoms with van der Waals surface area (Å²) >= 11 is 0. The number of nitrogens with one attached hydrogen (secondary N) is 1. The first kappa shape index (κ1) is 16.7. The number of pyridine rings is 1. The molecule has 1 N–H and O–H groups in total. The first-order valence-corrected chi connectivity index (χ1v) is 8.24. The highest BCUT2D eigenvalue weighted by Crippen LogP contribution is 2.29. The Morgan fingerprint density at radius 1 is 0.920 bits per heavy atom. The van der Waals surface area contributed by atoms with E-state index in [-0.39, 0.29) is 16.5 Å². The lowest BCUT2D eigenvalue weighted by Gasteiger charge is -2.19. The fourth-order valence-corrected chi connectivity index (χ4v) is 2.82. The molecule has 2 aromatic carbocycles. The topological polar surface area (TPSA) is 56.6 Å². The van der Waals surface area contributed by atoms with Crippen molar-refractivity contribution in [3.8, 4) is 28.5 Å². The molecule has 0 aliphatic rings. The third-order valence-electron chi connectivity index (χ3n) is 4.29. The minimum absolute atomic E-state index is 0.0555. The van der Waals surface area contributed by atoms with Crippen LogP contribution >= 0.6 is 0 Å². The molecule has 3 aromatic rings. The van der Waals surface area contributed by atoms with Gasteiger partial charge in [-0.3, -0.25) is 4.79 Å². The fraction of sp³-hybridized carbons (Fsp3) is 0.182. The van der Waals surface area contributed by atoms with E-state index in [2.05, 4.69) is 37.9 Å². The average Bonchev–Trinajstić information content (AvgIpc) is 2.61. The van der Waals surface area contributed by atoms with Crippen LogP contribution in [-0.4, -0.2) is 4.98 Å². The van der Waals surface area contributed by atoms with Crippen molar-refractivity contribution in [1.82, 2.24) is 4.98 Å². The lowest BCUT2D eigenvalue weighted by Crippen LogP contribution is -2.13. The first-order valence-electron chi connectivity index (χ1n) is 8.24. The third-order valence-corrected chi connectivity index (χ3v) is 4.29. The van der Waals surface area contributed by atoms with Gasteiger partial charge in [-0.05, 0) is 28.2 Å². The highest BCUT2D eigenvalue weighted by molar-refractivity contribution is 5.75. The van der Waals surface area contributed by atoms with Crippen LogP contribution in [0.2, 0.25) is 0 Å². The van der Waals surface area contributed by atoms with Crippen molar-refractivity contribution in [3.63, 3.8) is 0 Å². The van der Waals surface area contributed by atoms with E-state index in [1.807, 2.05) is 54.6 Å². The molecule has 124 valence electrons. The maximum absolute atomic E-state index is 12.4. The predicted molar refractivity (Wildman–Crippen MR) is 101 cm³/mol. The molecule has 0 amide bonds. The smallest absolute Gasteiger partial charge is 0.266 e. The Kier molecular flexibility index (Phi) is 4.29. The Hall–Kier alpha value is -3.12. The zero-order chi connectivity index (χ0) is 18.0. The van der Waals surface area contributed by atoms with Crippen molar-refractivity contribution < 1.29 is 0 Å². The van der Waals surface area contributed by atoms with Gasteiger partial charge in [0.1, 0.15) is 11.6 Å². The summed E-state index contributed by atoms with van der Waals surface area (Å²) in [5.41, 5.74) is 4.19. The molecule has 0 saturated carbocycles. The summed E-state index contributed by atoms with van der Waals surface area (Å²) in [6, 6.07) is 21.6. The summed E-state index contributed by atoms with van der Waals surface area (Å²) in [6.07, 6.45) is 0. The van der Waals surface area contributed by atoms with Crippen molar-refractivity contribution in [1.29, 1.82) is 5.26 Å². The average molecular weight is 328 g/mol. The molecule has 0 bridgehead atoms. The van der Waals surface area contributed by atoms with Crippen molar-refractivity contribution in [2.24, 2.45) is 0 Å². The molecule has 1 heterocycles. The highest BCUT2D eigenvalue weighted by atomic mass is 16.1. The summed E-state index contributed by atoms with van der Waals surface area (Å²) in [5, 5.41) is 9.44. The monoisotopic (exact) mass is 328 g/mol. The van der Waals surface area contributed by atoms with E-state index < -0.39 is 0 Å². The highest BCUT2D eigenvalue weighted by Gasteiger charge is 2.15. The summed E-state index contributed by atoms with van der Waals surface area (Å²) < 4.78 is 0. The number of aromatic amines is 1. The van der Waals surface area contributed by atoms with Gasteiger partial charge >= 0.3 is 0 Å². The minimum Gasteiger partial charge on any atom is -0.321 e. The Morgan fingerprint density at radius 3 is 2.12 bits per heavy atom. The van der Waals surface area contributed by atoms with Gasteiger partial charge in [-0.2, -0.15) is 5.26 Å². The number of nitrogens with zero attached hydrogens (tertiary/aromatic N) is 1. The molecular formula is C22H20N2O. The van der Waals surface area contributed by atoms with Crippen LogP contribution in [0.5, 0.6) is 0 Å². The molecule has 3 heteroatoms. The van der Waals surface area contributed by atoms with Crippen LogP contribution in [-0.2, 0) is 5.41 Å². The van der Waals surface area contributed by atoms with E-state index in [0.29, 0.717) is 11.3 Å². The van der Waals surface area contributed by atoms with Gasteiger partial charge in [0, 0.05) is 11.3 Å². The standard InChI is InChI=1S/C22H20N2O/c1-22(2,3)17-11-9-15(10-12-17)18-13-20(16-7-5-4-6-8-16)24-21(25)19(18)14-23/h4-13H,1-3H3,(H,24,25). The van der Waals surface area contributed by atoms with Crippen molar-refractivity contribution in [3.05, 3.63) is 82.1 Å². The van der Waals surface area contributed by atoms with Crippen molar-refractivity contribution >= 4 is 0 Å². The largest absolute Gasteiger partial charge is 0.321 e. The number of hydrogen-bond acceptors (Lipinski definition) is 2. The molecule has 1 aromatic heterocycles. The van der Waals surface area contributed by atoms with E-state index in [1.54, 1.807) is 0 Å². The lowest BCUT2D eigenvalue weighted by molar-refractivity contribution is 0.590.